The molecular formula is C26H24ClF3N6O3S. The maximum atomic E-state index is 13.5. The van der Waals surface area contributed by atoms with E-state index < -0.39 is 17.8 Å². The van der Waals surface area contributed by atoms with Crippen molar-refractivity contribution in [2.45, 2.75) is 31.2 Å². The molecule has 3 aromatic rings. The van der Waals surface area contributed by atoms with Gasteiger partial charge in [-0.25, -0.2) is 5.48 Å². The van der Waals surface area contributed by atoms with Gasteiger partial charge in [0.05, 0.1) is 41.9 Å². The molecule has 0 saturated carbocycles. The highest BCUT2D eigenvalue weighted by molar-refractivity contribution is 8.18. The summed E-state index contributed by atoms with van der Waals surface area (Å²) in [6, 6.07) is 8.59. The molecule has 3 heterocycles. The molecule has 2 atom stereocenters. The Kier molecular flexibility index (Phi) is 7.91. The van der Waals surface area contributed by atoms with Crippen LogP contribution >= 0.6 is 23.4 Å². The summed E-state index contributed by atoms with van der Waals surface area (Å²) >= 11 is 7.04. The molecule has 0 bridgehead atoms. The number of alkyl halides is 3. The first kappa shape index (κ1) is 28.1. The van der Waals surface area contributed by atoms with Crippen molar-refractivity contribution in [2.24, 2.45) is 4.99 Å². The van der Waals surface area contributed by atoms with Gasteiger partial charge < -0.3 is 10.2 Å². The van der Waals surface area contributed by atoms with E-state index in [4.69, 9.17) is 11.6 Å². The van der Waals surface area contributed by atoms with E-state index in [1.807, 2.05) is 18.0 Å². The van der Waals surface area contributed by atoms with Crippen LogP contribution in [-0.2, 0) is 27.1 Å². The average Bonchev–Trinajstić information content (AvgIpc) is 3.64. The van der Waals surface area contributed by atoms with Gasteiger partial charge in [0.1, 0.15) is 0 Å². The van der Waals surface area contributed by atoms with Gasteiger partial charge in [0.25, 0.3) is 11.8 Å². The molecule has 2 amide bonds. The highest BCUT2D eigenvalue weighted by Crippen LogP contribution is 2.35. The van der Waals surface area contributed by atoms with Gasteiger partial charge in [-0.3, -0.25) is 19.1 Å². The van der Waals surface area contributed by atoms with Crippen molar-refractivity contribution in [3.63, 3.8) is 0 Å². The lowest BCUT2D eigenvalue weighted by molar-refractivity contribution is -0.138. The number of thioether (sulfide) groups is 1. The van der Waals surface area contributed by atoms with Crippen molar-refractivity contribution in [2.75, 3.05) is 20.7 Å². The fourth-order valence-electron chi connectivity index (χ4n) is 4.67. The van der Waals surface area contributed by atoms with E-state index in [1.165, 1.54) is 35.7 Å². The monoisotopic (exact) mass is 592 g/mol. The van der Waals surface area contributed by atoms with E-state index in [0.29, 0.717) is 33.9 Å². The largest absolute Gasteiger partial charge is 0.416 e. The lowest BCUT2D eigenvalue weighted by atomic mass is 10.1. The summed E-state index contributed by atoms with van der Waals surface area (Å²) in [6.45, 7) is 0.462. The summed E-state index contributed by atoms with van der Waals surface area (Å²) in [4.78, 5) is 35.9. The van der Waals surface area contributed by atoms with E-state index >= 15 is 0 Å². The quantitative estimate of drug-likeness (QED) is 0.329. The van der Waals surface area contributed by atoms with E-state index in [9.17, 15) is 22.8 Å². The number of nitrogens with one attached hydrogen (secondary N) is 2. The molecule has 1 aromatic heterocycles. The Balaban J connectivity index is 1.29. The number of carbonyl (C=O) groups excluding carboxylic acids is 2. The van der Waals surface area contributed by atoms with Crippen molar-refractivity contribution in [1.29, 1.82) is 0 Å². The fourth-order valence-corrected chi connectivity index (χ4v) is 5.79. The first-order valence-electron chi connectivity index (χ1n) is 12.2. The van der Waals surface area contributed by atoms with Crippen LogP contribution in [0.3, 0.4) is 0 Å². The van der Waals surface area contributed by atoms with Gasteiger partial charge in [-0.2, -0.15) is 23.3 Å². The molecule has 2 N–H and O–H groups in total. The van der Waals surface area contributed by atoms with Crippen LogP contribution in [0.1, 0.15) is 23.1 Å². The number of carbonyl (C=O) groups is 2. The lowest BCUT2D eigenvalue weighted by Gasteiger charge is -2.24. The molecule has 2 aliphatic rings. The zero-order chi connectivity index (χ0) is 28.6. The van der Waals surface area contributed by atoms with Gasteiger partial charge in [0.15, 0.2) is 5.17 Å². The third-order valence-corrected chi connectivity index (χ3v) is 8.06. The Bertz CT molecular complexity index is 1540. The Morgan fingerprint density at radius 3 is 2.88 bits per heavy atom. The second-order valence-corrected chi connectivity index (χ2v) is 10.8. The second-order valence-electron chi connectivity index (χ2n) is 9.36. The maximum Gasteiger partial charge on any atom is 0.416 e. The van der Waals surface area contributed by atoms with E-state index in [2.05, 4.69) is 25.7 Å². The standard InChI is InChI=1S/C26H24ClF3N6O3S/c1-35(18-10-20(31-12-18)23(37)34-39-2)25-33-24(38)22(40-25)8-14-3-6-21-16(7-14)11-32-36(21)13-15-4-5-17(27)9-19(15)26(28,29)30/h3-9,11,18,20,31H,10,12-13H2,1-2H3,(H,34,37)/t18-,20+/m0/s1. The average molecular weight is 593 g/mol. The molecule has 40 heavy (non-hydrogen) atoms. The highest BCUT2D eigenvalue weighted by Gasteiger charge is 2.36. The number of aliphatic imine (C=N–C) groups is 1. The Morgan fingerprint density at radius 1 is 1.32 bits per heavy atom. The molecule has 9 nitrogen and oxygen atoms in total. The van der Waals surface area contributed by atoms with Gasteiger partial charge in [0, 0.05) is 30.0 Å². The maximum absolute atomic E-state index is 13.5. The number of hydrogen-bond acceptors (Lipinski definition) is 7. The summed E-state index contributed by atoms with van der Waals surface area (Å²) in [5.41, 5.74) is 2.94. The molecule has 0 unspecified atom stereocenters. The Labute approximate surface area is 236 Å². The summed E-state index contributed by atoms with van der Waals surface area (Å²) < 4.78 is 42.1. The molecule has 0 spiro atoms. The molecule has 0 aliphatic carbocycles. The summed E-state index contributed by atoms with van der Waals surface area (Å²) in [6.07, 6.45) is -0.725. The second kappa shape index (κ2) is 11.2. The third-order valence-electron chi connectivity index (χ3n) is 6.75. The molecule has 0 radical (unpaired) electrons. The number of amidine groups is 1. The van der Waals surface area contributed by atoms with E-state index in [0.717, 1.165) is 11.6 Å². The smallest absolute Gasteiger partial charge is 0.350 e. The minimum atomic E-state index is -4.54. The SMILES string of the molecule is CONC(=O)[C@H]1C[C@H](N(C)C2=NC(=O)C(=Cc3ccc4c(cnn4Cc4ccc(Cl)cc4C(F)(F)F)c3)S2)CN1. The number of likely N-dealkylation sites (N-methyl/N-ethyl adjacent to an activating group) is 1. The van der Waals surface area contributed by atoms with Crippen molar-refractivity contribution in [3.8, 4) is 0 Å². The van der Waals surface area contributed by atoms with Crippen molar-refractivity contribution < 1.29 is 27.6 Å². The van der Waals surface area contributed by atoms with Crippen LogP contribution in [0.5, 0.6) is 0 Å². The number of hydroxylamine groups is 1. The van der Waals surface area contributed by atoms with Crippen LogP contribution in [0.4, 0.5) is 13.2 Å². The number of fused-ring (bicyclic) bond motifs is 1. The number of nitrogens with zero attached hydrogens (tertiary/aromatic N) is 4. The molecule has 5 rings (SSSR count). The molecule has 14 heteroatoms. The number of benzene rings is 2. The van der Waals surface area contributed by atoms with Crippen LogP contribution in [0.2, 0.25) is 5.02 Å². The van der Waals surface area contributed by atoms with Gasteiger partial charge in [0.2, 0.25) is 0 Å². The number of aromatic nitrogens is 2. The minimum Gasteiger partial charge on any atom is -0.350 e. The van der Waals surface area contributed by atoms with E-state index in [1.54, 1.807) is 24.4 Å². The van der Waals surface area contributed by atoms with Gasteiger partial charge >= 0.3 is 6.18 Å². The number of hydrogen-bond donors (Lipinski definition) is 2. The zero-order valence-electron chi connectivity index (χ0n) is 21.3. The summed E-state index contributed by atoms with van der Waals surface area (Å²) in [5.74, 6) is -0.631. The van der Waals surface area contributed by atoms with Gasteiger partial charge in [-0.05, 0) is 59.7 Å². The Hall–Kier alpha value is -3.39. The zero-order valence-corrected chi connectivity index (χ0v) is 22.9. The normalized spacial score (nSPS) is 20.4. The predicted molar refractivity (Wildman–Crippen MR) is 146 cm³/mol. The topological polar surface area (TPSA) is 101 Å². The third kappa shape index (κ3) is 5.87. The van der Waals surface area contributed by atoms with Crippen LogP contribution in [0, 0.1) is 0 Å². The van der Waals surface area contributed by atoms with Crippen molar-refractivity contribution in [3.05, 3.63) is 69.2 Å². The molecule has 2 aromatic carbocycles. The highest BCUT2D eigenvalue weighted by atomic mass is 35.5. The van der Waals surface area contributed by atoms with Crippen molar-refractivity contribution in [1.82, 2.24) is 25.5 Å². The first-order chi connectivity index (χ1) is 19.0. The van der Waals surface area contributed by atoms with Crippen LogP contribution in [0.25, 0.3) is 17.0 Å². The van der Waals surface area contributed by atoms with Crippen LogP contribution in [-0.4, -0.2) is 64.4 Å². The number of halogens is 4. The summed E-state index contributed by atoms with van der Waals surface area (Å²) in [7, 11) is 3.20. The van der Waals surface area contributed by atoms with Crippen LogP contribution in [0.15, 0.2) is 52.5 Å². The molecule has 1 fully saturated rings. The van der Waals surface area contributed by atoms with Crippen LogP contribution < -0.4 is 10.8 Å². The first-order valence-corrected chi connectivity index (χ1v) is 13.4. The summed E-state index contributed by atoms with van der Waals surface area (Å²) in [5, 5.41) is 8.68. The lowest BCUT2D eigenvalue weighted by Crippen LogP contribution is -2.39. The number of amides is 2. The fraction of sp³-hybridized carbons (Fsp3) is 0.308. The molecule has 1 saturated heterocycles. The van der Waals surface area contributed by atoms with Gasteiger partial charge in [-0.1, -0.05) is 23.7 Å². The van der Waals surface area contributed by atoms with Crippen molar-refractivity contribution >= 4 is 57.3 Å². The molecular weight excluding hydrogens is 569 g/mol. The van der Waals surface area contributed by atoms with Gasteiger partial charge in [-0.15, -0.1) is 0 Å². The van der Waals surface area contributed by atoms with E-state index in [-0.39, 0.29) is 35.0 Å². The minimum absolute atomic E-state index is 0.00955. The number of rotatable bonds is 6. The Morgan fingerprint density at radius 2 is 2.12 bits per heavy atom. The molecule has 2 aliphatic heterocycles. The predicted octanol–water partition coefficient (Wildman–Crippen LogP) is 4.07. The molecule has 210 valence electrons.